The number of allylic oxidation sites excluding steroid dienone is 2. The predicted molar refractivity (Wildman–Crippen MR) is 81.5 cm³/mol. The maximum atomic E-state index is 12.4. The van der Waals surface area contributed by atoms with Crippen molar-refractivity contribution >= 4 is 5.91 Å². The smallest absolute Gasteiger partial charge is 0.223 e. The Balaban J connectivity index is 1.46. The zero-order chi connectivity index (χ0) is 13.8. The molecule has 0 spiro atoms. The summed E-state index contributed by atoms with van der Waals surface area (Å²) in [5.74, 6) is 1.62. The first-order chi connectivity index (χ1) is 9.81. The molecular weight excluding hydrogens is 248 g/mol. The van der Waals surface area contributed by atoms with Crippen molar-refractivity contribution in [2.45, 2.75) is 44.9 Å². The second kappa shape index (κ2) is 6.75. The van der Waals surface area contributed by atoms with Gasteiger partial charge in [-0.25, -0.2) is 0 Å². The molecule has 1 amide bonds. The summed E-state index contributed by atoms with van der Waals surface area (Å²) in [6.07, 6.45) is 12.8. The molecule has 3 heteroatoms. The first-order valence-electron chi connectivity index (χ1n) is 8.48. The van der Waals surface area contributed by atoms with E-state index in [1.807, 2.05) is 0 Å². The lowest BCUT2D eigenvalue weighted by Gasteiger charge is -2.35. The highest BCUT2D eigenvalue weighted by molar-refractivity contribution is 5.76. The van der Waals surface area contributed by atoms with E-state index in [-0.39, 0.29) is 0 Å². The largest absolute Gasteiger partial charge is 0.342 e. The van der Waals surface area contributed by atoms with Gasteiger partial charge in [-0.1, -0.05) is 12.2 Å². The van der Waals surface area contributed by atoms with Gasteiger partial charge < -0.3 is 9.80 Å². The van der Waals surface area contributed by atoms with Gasteiger partial charge in [0.25, 0.3) is 0 Å². The van der Waals surface area contributed by atoms with E-state index in [1.54, 1.807) is 0 Å². The molecule has 2 saturated heterocycles. The molecule has 1 aliphatic carbocycles. The molecule has 2 heterocycles. The molecule has 3 rings (SSSR count). The third-order valence-corrected chi connectivity index (χ3v) is 5.14. The van der Waals surface area contributed by atoms with Crippen LogP contribution in [0.25, 0.3) is 0 Å². The Morgan fingerprint density at radius 2 is 1.95 bits per heavy atom. The van der Waals surface area contributed by atoms with E-state index in [0.29, 0.717) is 17.7 Å². The first kappa shape index (κ1) is 14.1. The van der Waals surface area contributed by atoms with Crippen LogP contribution in [-0.4, -0.2) is 48.4 Å². The second-order valence-electron chi connectivity index (χ2n) is 6.83. The van der Waals surface area contributed by atoms with Gasteiger partial charge in [0.15, 0.2) is 0 Å². The van der Waals surface area contributed by atoms with E-state index in [1.165, 1.54) is 51.7 Å². The van der Waals surface area contributed by atoms with Crippen molar-refractivity contribution in [2.24, 2.45) is 11.8 Å². The Morgan fingerprint density at radius 3 is 2.70 bits per heavy atom. The third-order valence-electron chi connectivity index (χ3n) is 5.14. The summed E-state index contributed by atoms with van der Waals surface area (Å²) in [5, 5.41) is 0. The topological polar surface area (TPSA) is 23.6 Å². The van der Waals surface area contributed by atoms with E-state index in [2.05, 4.69) is 22.0 Å². The minimum atomic E-state index is 0.396. The molecule has 0 aromatic rings. The fraction of sp³-hybridized carbons (Fsp3) is 0.824. The fourth-order valence-corrected chi connectivity index (χ4v) is 3.99. The Hall–Kier alpha value is -0.830. The van der Waals surface area contributed by atoms with Crippen molar-refractivity contribution in [1.29, 1.82) is 0 Å². The average molecular weight is 276 g/mol. The van der Waals surface area contributed by atoms with Gasteiger partial charge in [-0.2, -0.15) is 0 Å². The van der Waals surface area contributed by atoms with Crippen LogP contribution in [0.15, 0.2) is 12.2 Å². The van der Waals surface area contributed by atoms with Crippen LogP contribution in [0.5, 0.6) is 0 Å². The number of piperidine rings is 1. The SMILES string of the molecule is O=C(C[C@@H]1C=CCC1)N1CCC[C@@H](CN2CCCC2)C1. The lowest BCUT2D eigenvalue weighted by molar-refractivity contribution is -0.133. The van der Waals surface area contributed by atoms with E-state index < -0.39 is 0 Å². The monoisotopic (exact) mass is 276 g/mol. The molecule has 0 bridgehead atoms. The van der Waals surface area contributed by atoms with Gasteiger partial charge in [0.2, 0.25) is 5.91 Å². The molecule has 2 aliphatic heterocycles. The maximum absolute atomic E-state index is 12.4. The van der Waals surface area contributed by atoms with Crippen LogP contribution in [0.1, 0.15) is 44.9 Å². The van der Waals surface area contributed by atoms with E-state index in [4.69, 9.17) is 0 Å². The zero-order valence-electron chi connectivity index (χ0n) is 12.6. The first-order valence-corrected chi connectivity index (χ1v) is 8.48. The fourth-order valence-electron chi connectivity index (χ4n) is 3.99. The van der Waals surface area contributed by atoms with Crippen LogP contribution in [-0.2, 0) is 4.79 Å². The van der Waals surface area contributed by atoms with Crippen molar-refractivity contribution in [3.8, 4) is 0 Å². The van der Waals surface area contributed by atoms with Crippen LogP contribution >= 0.6 is 0 Å². The molecule has 0 radical (unpaired) electrons. The number of carbonyl (C=O) groups excluding carboxylic acids is 1. The van der Waals surface area contributed by atoms with Gasteiger partial charge in [-0.05, 0) is 63.5 Å². The van der Waals surface area contributed by atoms with Crippen LogP contribution in [0, 0.1) is 11.8 Å². The summed E-state index contributed by atoms with van der Waals surface area (Å²) in [7, 11) is 0. The number of rotatable bonds is 4. The normalized spacial score (nSPS) is 31.1. The van der Waals surface area contributed by atoms with E-state index in [9.17, 15) is 4.79 Å². The summed E-state index contributed by atoms with van der Waals surface area (Å²) < 4.78 is 0. The average Bonchev–Trinajstić information content (AvgIpc) is 3.12. The standard InChI is InChI=1S/C17H28N2O/c20-17(12-15-6-1-2-7-15)19-11-5-8-16(14-19)13-18-9-3-4-10-18/h1,6,15-16H,2-5,7-14H2/t15-,16+/m1/s1. The number of hydrogen-bond acceptors (Lipinski definition) is 2. The number of amides is 1. The van der Waals surface area contributed by atoms with Gasteiger partial charge in [0.1, 0.15) is 0 Å². The zero-order valence-corrected chi connectivity index (χ0v) is 12.6. The summed E-state index contributed by atoms with van der Waals surface area (Å²) in [5.41, 5.74) is 0. The third kappa shape index (κ3) is 3.63. The van der Waals surface area contributed by atoms with Gasteiger partial charge in [-0.15, -0.1) is 0 Å². The molecule has 2 fully saturated rings. The highest BCUT2D eigenvalue weighted by Crippen LogP contribution is 2.24. The highest BCUT2D eigenvalue weighted by atomic mass is 16.2. The molecule has 2 atom stereocenters. The summed E-state index contributed by atoms with van der Waals surface area (Å²) in [4.78, 5) is 17.2. The minimum Gasteiger partial charge on any atom is -0.342 e. The van der Waals surface area contributed by atoms with Gasteiger partial charge >= 0.3 is 0 Å². The highest BCUT2D eigenvalue weighted by Gasteiger charge is 2.27. The van der Waals surface area contributed by atoms with Gasteiger partial charge in [-0.3, -0.25) is 4.79 Å². The molecule has 0 aromatic heterocycles. The lowest BCUT2D eigenvalue weighted by Crippen LogP contribution is -2.43. The molecule has 0 N–H and O–H groups in total. The molecular formula is C17H28N2O. The predicted octanol–water partition coefficient (Wildman–Crippen LogP) is 2.68. The Bertz CT molecular complexity index is 360. The number of likely N-dealkylation sites (tertiary alicyclic amines) is 2. The van der Waals surface area contributed by atoms with Crippen molar-refractivity contribution in [3.05, 3.63) is 12.2 Å². The molecule has 20 heavy (non-hydrogen) atoms. The number of hydrogen-bond donors (Lipinski definition) is 0. The second-order valence-corrected chi connectivity index (χ2v) is 6.83. The van der Waals surface area contributed by atoms with E-state index in [0.717, 1.165) is 25.9 Å². The van der Waals surface area contributed by atoms with Gasteiger partial charge in [0.05, 0.1) is 0 Å². The maximum Gasteiger partial charge on any atom is 0.223 e. The number of nitrogens with zero attached hydrogens (tertiary/aromatic N) is 2. The summed E-state index contributed by atoms with van der Waals surface area (Å²) >= 11 is 0. The van der Waals surface area contributed by atoms with Crippen molar-refractivity contribution in [2.75, 3.05) is 32.7 Å². The minimum absolute atomic E-state index is 0.396. The van der Waals surface area contributed by atoms with Crippen LogP contribution in [0.3, 0.4) is 0 Å². The Morgan fingerprint density at radius 1 is 1.10 bits per heavy atom. The molecule has 3 nitrogen and oxygen atoms in total. The van der Waals surface area contributed by atoms with E-state index >= 15 is 0 Å². The molecule has 112 valence electrons. The van der Waals surface area contributed by atoms with Crippen molar-refractivity contribution in [3.63, 3.8) is 0 Å². The molecule has 0 aromatic carbocycles. The molecule has 3 aliphatic rings. The Kier molecular flexibility index (Phi) is 4.77. The lowest BCUT2D eigenvalue weighted by atomic mass is 9.96. The summed E-state index contributed by atoms with van der Waals surface area (Å²) in [6, 6.07) is 0. The van der Waals surface area contributed by atoms with Crippen LogP contribution < -0.4 is 0 Å². The van der Waals surface area contributed by atoms with Crippen LogP contribution in [0.2, 0.25) is 0 Å². The molecule has 0 unspecified atom stereocenters. The number of carbonyl (C=O) groups is 1. The molecule has 0 saturated carbocycles. The van der Waals surface area contributed by atoms with Crippen molar-refractivity contribution in [1.82, 2.24) is 9.80 Å². The van der Waals surface area contributed by atoms with Crippen LogP contribution in [0.4, 0.5) is 0 Å². The van der Waals surface area contributed by atoms with Crippen molar-refractivity contribution < 1.29 is 4.79 Å². The Labute approximate surface area is 123 Å². The van der Waals surface area contributed by atoms with Gasteiger partial charge in [0, 0.05) is 26.1 Å². The summed E-state index contributed by atoms with van der Waals surface area (Å²) in [6.45, 7) is 5.76. The quantitative estimate of drug-likeness (QED) is 0.737.